The molecule has 2 aromatic carbocycles. The average Bonchev–Trinajstić information content (AvgIpc) is 3.33. The summed E-state index contributed by atoms with van der Waals surface area (Å²) in [6.07, 6.45) is 1.57. The molecule has 1 amide bonds. The maximum absolute atomic E-state index is 13.6. The molecule has 0 N–H and O–H groups in total. The first-order valence-corrected chi connectivity index (χ1v) is 10.4. The number of amides is 1. The largest absolute Gasteiger partial charge is 0.467 e. The van der Waals surface area contributed by atoms with E-state index >= 15 is 0 Å². The standard InChI is InChI=1S/C24H18BrNO4/c1-13-10-18-19(11-14(13)2)30-23-20(22(18)27)21(15-5-7-16(25)8-6-15)26(24(23)28)12-17-4-3-9-29-17/h3-11,21H,12H2,1-2H3. The van der Waals surface area contributed by atoms with Crippen LogP contribution < -0.4 is 5.43 Å². The molecule has 6 heteroatoms. The third-order valence-electron chi connectivity index (χ3n) is 5.67. The van der Waals surface area contributed by atoms with Crippen LogP contribution in [-0.2, 0) is 6.54 Å². The third kappa shape index (κ3) is 2.91. The lowest BCUT2D eigenvalue weighted by Gasteiger charge is -2.24. The van der Waals surface area contributed by atoms with Gasteiger partial charge in [-0.1, -0.05) is 28.1 Å². The van der Waals surface area contributed by atoms with Crippen LogP contribution in [0.5, 0.6) is 0 Å². The molecule has 1 atom stereocenters. The lowest BCUT2D eigenvalue weighted by molar-refractivity contribution is 0.0701. The molecule has 0 saturated heterocycles. The van der Waals surface area contributed by atoms with Crippen molar-refractivity contribution in [2.45, 2.75) is 26.4 Å². The first-order valence-electron chi connectivity index (χ1n) is 9.61. The Morgan fingerprint density at radius 3 is 2.47 bits per heavy atom. The molecule has 150 valence electrons. The minimum atomic E-state index is -0.548. The maximum atomic E-state index is 13.6. The summed E-state index contributed by atoms with van der Waals surface area (Å²) in [6, 6.07) is 14.3. The summed E-state index contributed by atoms with van der Waals surface area (Å²) in [4.78, 5) is 28.6. The van der Waals surface area contributed by atoms with Crippen LogP contribution in [0.25, 0.3) is 11.0 Å². The summed E-state index contributed by atoms with van der Waals surface area (Å²) in [5, 5.41) is 0.492. The van der Waals surface area contributed by atoms with Gasteiger partial charge in [0.2, 0.25) is 5.76 Å². The normalized spacial score (nSPS) is 15.8. The van der Waals surface area contributed by atoms with Crippen molar-refractivity contribution in [3.63, 3.8) is 0 Å². The molecular formula is C24H18BrNO4. The number of fused-ring (bicyclic) bond motifs is 2. The zero-order valence-corrected chi connectivity index (χ0v) is 18.0. The van der Waals surface area contributed by atoms with E-state index in [4.69, 9.17) is 8.83 Å². The Bertz CT molecular complexity index is 1340. The Morgan fingerprint density at radius 1 is 1.03 bits per heavy atom. The molecule has 30 heavy (non-hydrogen) atoms. The van der Waals surface area contributed by atoms with E-state index in [2.05, 4.69) is 15.9 Å². The van der Waals surface area contributed by atoms with E-state index in [1.54, 1.807) is 17.2 Å². The first-order chi connectivity index (χ1) is 14.4. The molecule has 0 fully saturated rings. The van der Waals surface area contributed by atoms with E-state index in [0.29, 0.717) is 22.3 Å². The van der Waals surface area contributed by atoms with Crippen LogP contribution in [0.15, 0.2) is 72.9 Å². The highest BCUT2D eigenvalue weighted by Gasteiger charge is 2.43. The highest BCUT2D eigenvalue weighted by molar-refractivity contribution is 9.10. The van der Waals surface area contributed by atoms with Gasteiger partial charge in [0.05, 0.1) is 29.8 Å². The zero-order valence-electron chi connectivity index (χ0n) is 16.4. The Hall–Kier alpha value is -3.12. The Balaban J connectivity index is 1.76. The third-order valence-corrected chi connectivity index (χ3v) is 6.20. The number of carbonyl (C=O) groups is 1. The summed E-state index contributed by atoms with van der Waals surface area (Å²) in [7, 11) is 0. The number of benzene rings is 2. The van der Waals surface area contributed by atoms with Crippen molar-refractivity contribution in [2.75, 3.05) is 0 Å². The second kappa shape index (κ2) is 6.99. The van der Waals surface area contributed by atoms with Crippen molar-refractivity contribution < 1.29 is 13.6 Å². The minimum Gasteiger partial charge on any atom is -0.467 e. The minimum absolute atomic E-state index is 0.107. The molecule has 1 unspecified atom stereocenters. The van der Waals surface area contributed by atoms with Crippen LogP contribution in [0.4, 0.5) is 0 Å². The van der Waals surface area contributed by atoms with E-state index in [1.807, 2.05) is 56.3 Å². The van der Waals surface area contributed by atoms with Gasteiger partial charge in [0.25, 0.3) is 5.91 Å². The zero-order chi connectivity index (χ0) is 21.0. The molecule has 0 saturated carbocycles. The predicted molar refractivity (Wildman–Crippen MR) is 117 cm³/mol. The van der Waals surface area contributed by atoms with Gasteiger partial charge in [0.1, 0.15) is 11.3 Å². The van der Waals surface area contributed by atoms with Crippen molar-refractivity contribution in [3.8, 4) is 0 Å². The molecule has 3 heterocycles. The molecule has 1 aliphatic heterocycles. The summed E-state index contributed by atoms with van der Waals surface area (Å²) >= 11 is 3.45. The summed E-state index contributed by atoms with van der Waals surface area (Å²) in [5.74, 6) is 0.434. The van der Waals surface area contributed by atoms with Crippen LogP contribution in [0, 0.1) is 13.8 Å². The van der Waals surface area contributed by atoms with E-state index < -0.39 is 6.04 Å². The highest BCUT2D eigenvalue weighted by atomic mass is 79.9. The number of furan rings is 1. The van der Waals surface area contributed by atoms with Crippen LogP contribution in [0.3, 0.4) is 0 Å². The van der Waals surface area contributed by atoms with Crippen molar-refractivity contribution in [3.05, 3.63) is 103 Å². The monoisotopic (exact) mass is 463 g/mol. The van der Waals surface area contributed by atoms with Gasteiger partial charge in [-0.3, -0.25) is 9.59 Å². The van der Waals surface area contributed by atoms with Gasteiger partial charge in [0, 0.05) is 4.47 Å². The van der Waals surface area contributed by atoms with E-state index in [9.17, 15) is 9.59 Å². The molecule has 5 nitrogen and oxygen atoms in total. The topological polar surface area (TPSA) is 63.7 Å². The lowest BCUT2D eigenvalue weighted by Crippen LogP contribution is -2.29. The van der Waals surface area contributed by atoms with Gasteiger partial charge in [-0.2, -0.15) is 0 Å². The second-order valence-electron chi connectivity index (χ2n) is 7.57. The number of hydrogen-bond acceptors (Lipinski definition) is 4. The Labute approximate surface area is 181 Å². The van der Waals surface area contributed by atoms with Gasteiger partial charge in [-0.05, 0) is 66.9 Å². The van der Waals surface area contributed by atoms with Crippen molar-refractivity contribution >= 4 is 32.8 Å². The average molecular weight is 464 g/mol. The number of nitrogens with zero attached hydrogens (tertiary/aromatic N) is 1. The van der Waals surface area contributed by atoms with E-state index in [1.165, 1.54) is 0 Å². The molecule has 5 rings (SSSR count). The van der Waals surface area contributed by atoms with Gasteiger partial charge < -0.3 is 13.7 Å². The SMILES string of the molecule is Cc1cc2oc3c(c(=O)c2cc1C)C(c1ccc(Br)cc1)N(Cc1ccco1)C3=O. The number of rotatable bonds is 3. The predicted octanol–water partition coefficient (Wildman–Crippen LogP) is 5.51. The van der Waals surface area contributed by atoms with Crippen LogP contribution >= 0.6 is 15.9 Å². The highest BCUT2D eigenvalue weighted by Crippen LogP contribution is 2.39. The van der Waals surface area contributed by atoms with Gasteiger partial charge in [0.15, 0.2) is 5.43 Å². The van der Waals surface area contributed by atoms with Crippen LogP contribution in [0.1, 0.15) is 44.6 Å². The van der Waals surface area contributed by atoms with Gasteiger partial charge >= 0.3 is 0 Å². The van der Waals surface area contributed by atoms with Crippen molar-refractivity contribution in [1.29, 1.82) is 0 Å². The summed E-state index contributed by atoms with van der Waals surface area (Å²) in [5.41, 5.74) is 3.50. The molecule has 4 aromatic rings. The molecule has 0 aliphatic carbocycles. The molecule has 0 radical (unpaired) electrons. The van der Waals surface area contributed by atoms with E-state index in [-0.39, 0.29) is 23.6 Å². The van der Waals surface area contributed by atoms with Crippen LogP contribution in [0.2, 0.25) is 0 Å². The van der Waals surface area contributed by atoms with Gasteiger partial charge in [-0.15, -0.1) is 0 Å². The first kappa shape index (κ1) is 18.9. The Morgan fingerprint density at radius 2 is 1.77 bits per heavy atom. The quantitative estimate of drug-likeness (QED) is 0.401. The van der Waals surface area contributed by atoms with Gasteiger partial charge in [-0.25, -0.2) is 0 Å². The molecular weight excluding hydrogens is 446 g/mol. The smallest absolute Gasteiger partial charge is 0.291 e. The fourth-order valence-electron chi connectivity index (χ4n) is 4.00. The molecule has 0 bridgehead atoms. The molecule has 0 spiro atoms. The second-order valence-corrected chi connectivity index (χ2v) is 8.49. The summed E-state index contributed by atoms with van der Waals surface area (Å²) in [6.45, 7) is 4.16. The lowest BCUT2D eigenvalue weighted by atomic mass is 9.97. The van der Waals surface area contributed by atoms with Crippen molar-refractivity contribution in [2.24, 2.45) is 0 Å². The maximum Gasteiger partial charge on any atom is 0.291 e. The number of aryl methyl sites for hydroxylation is 2. The fourth-order valence-corrected chi connectivity index (χ4v) is 4.26. The molecule has 2 aromatic heterocycles. The molecule has 1 aliphatic rings. The summed E-state index contributed by atoms with van der Waals surface area (Å²) < 4.78 is 12.4. The van der Waals surface area contributed by atoms with Crippen LogP contribution in [-0.4, -0.2) is 10.8 Å². The Kier molecular flexibility index (Phi) is 4.40. The number of halogens is 1. The number of carbonyl (C=O) groups excluding carboxylic acids is 1. The fraction of sp³-hybridized carbons (Fsp3) is 0.167. The van der Waals surface area contributed by atoms with E-state index in [0.717, 1.165) is 21.2 Å². The van der Waals surface area contributed by atoms with Crippen molar-refractivity contribution in [1.82, 2.24) is 4.90 Å². The number of hydrogen-bond donors (Lipinski definition) is 0.